The molecular formula is C17H12FN3O3. The molecule has 0 unspecified atom stereocenters. The zero-order valence-electron chi connectivity index (χ0n) is 12.4. The highest BCUT2D eigenvalue weighted by Crippen LogP contribution is 2.19. The maximum absolute atomic E-state index is 13.7. The Hall–Kier alpha value is -3.35. The van der Waals surface area contributed by atoms with E-state index < -0.39 is 10.7 Å². The van der Waals surface area contributed by atoms with Gasteiger partial charge in [0, 0.05) is 29.3 Å². The zero-order chi connectivity index (χ0) is 17.1. The van der Waals surface area contributed by atoms with E-state index in [1.54, 1.807) is 30.3 Å². The van der Waals surface area contributed by atoms with Gasteiger partial charge in [-0.3, -0.25) is 14.9 Å². The van der Waals surface area contributed by atoms with Crippen molar-refractivity contribution in [3.63, 3.8) is 0 Å². The summed E-state index contributed by atoms with van der Waals surface area (Å²) in [5, 5.41) is 14.9. The van der Waals surface area contributed by atoms with Gasteiger partial charge in [0.15, 0.2) is 0 Å². The summed E-state index contributed by atoms with van der Waals surface area (Å²) in [7, 11) is 0. The summed E-state index contributed by atoms with van der Waals surface area (Å²) >= 11 is 0. The zero-order valence-corrected chi connectivity index (χ0v) is 12.4. The molecule has 0 radical (unpaired) electrons. The van der Waals surface area contributed by atoms with Crippen LogP contribution in [0.1, 0.15) is 5.56 Å². The fourth-order valence-corrected chi connectivity index (χ4v) is 2.26. The first-order valence-electron chi connectivity index (χ1n) is 7.11. The summed E-state index contributed by atoms with van der Waals surface area (Å²) in [5.74, 6) is -0.410. The lowest BCUT2D eigenvalue weighted by molar-refractivity contribution is -0.384. The number of rotatable bonds is 4. The predicted molar refractivity (Wildman–Crippen MR) is 86.1 cm³/mol. The van der Waals surface area contributed by atoms with E-state index in [0.29, 0.717) is 16.8 Å². The number of nitro benzene ring substituents is 1. The molecule has 1 heterocycles. The number of hydrogen-bond acceptors (Lipinski definition) is 4. The van der Waals surface area contributed by atoms with E-state index in [1.807, 2.05) is 0 Å². The van der Waals surface area contributed by atoms with Crippen LogP contribution >= 0.6 is 0 Å². The number of non-ortho nitro benzene ring substituents is 1. The van der Waals surface area contributed by atoms with Crippen molar-refractivity contribution >= 4 is 5.69 Å². The van der Waals surface area contributed by atoms with Gasteiger partial charge in [-0.05, 0) is 24.3 Å². The van der Waals surface area contributed by atoms with Crippen molar-refractivity contribution in [2.75, 3.05) is 0 Å². The summed E-state index contributed by atoms with van der Waals surface area (Å²) in [5.41, 5.74) is 1.07. The van der Waals surface area contributed by atoms with E-state index in [1.165, 1.54) is 30.3 Å². The molecule has 6 nitrogen and oxygen atoms in total. The standard InChI is InChI=1S/C17H12FN3O3/c18-15-4-2-1-3-13(15)11-20-17(22)10-9-16(19-20)12-5-7-14(8-6-12)21(23)24/h1-10H,11H2. The van der Waals surface area contributed by atoms with Crippen molar-refractivity contribution in [1.29, 1.82) is 0 Å². The van der Waals surface area contributed by atoms with Gasteiger partial charge < -0.3 is 0 Å². The third-order valence-electron chi connectivity index (χ3n) is 3.52. The number of nitro groups is 1. The minimum atomic E-state index is -0.490. The molecule has 2 aromatic carbocycles. The molecule has 120 valence electrons. The first-order valence-corrected chi connectivity index (χ1v) is 7.11. The Morgan fingerprint density at radius 2 is 1.75 bits per heavy atom. The highest BCUT2D eigenvalue weighted by Gasteiger charge is 2.09. The third kappa shape index (κ3) is 3.19. The summed E-state index contributed by atoms with van der Waals surface area (Å²) in [4.78, 5) is 22.2. The van der Waals surface area contributed by atoms with Gasteiger partial charge in [-0.2, -0.15) is 5.10 Å². The van der Waals surface area contributed by atoms with E-state index in [0.717, 1.165) is 4.68 Å². The van der Waals surface area contributed by atoms with Crippen LogP contribution in [0.3, 0.4) is 0 Å². The van der Waals surface area contributed by atoms with Crippen LogP contribution in [-0.4, -0.2) is 14.7 Å². The second kappa shape index (κ2) is 6.41. The first-order chi connectivity index (χ1) is 11.5. The molecule has 3 aromatic rings. The van der Waals surface area contributed by atoms with E-state index in [9.17, 15) is 19.3 Å². The van der Waals surface area contributed by atoms with Crippen LogP contribution < -0.4 is 5.56 Å². The minimum absolute atomic E-state index is 0.00628. The molecule has 7 heteroatoms. The van der Waals surface area contributed by atoms with E-state index >= 15 is 0 Å². The summed E-state index contributed by atoms with van der Waals surface area (Å²) < 4.78 is 14.9. The SMILES string of the molecule is O=c1ccc(-c2ccc([N+](=O)[O-])cc2)nn1Cc1ccccc1F. The van der Waals surface area contributed by atoms with Crippen molar-refractivity contribution in [1.82, 2.24) is 9.78 Å². The number of halogens is 1. The Bertz CT molecular complexity index is 952. The maximum atomic E-state index is 13.7. The van der Waals surface area contributed by atoms with E-state index in [4.69, 9.17) is 0 Å². The molecule has 0 aliphatic carbocycles. The topological polar surface area (TPSA) is 78.0 Å². The molecule has 0 fully saturated rings. The monoisotopic (exact) mass is 325 g/mol. The second-order valence-corrected chi connectivity index (χ2v) is 5.11. The molecule has 0 amide bonds. The quantitative estimate of drug-likeness (QED) is 0.546. The predicted octanol–water partition coefficient (Wildman–Crippen LogP) is 3.01. The molecule has 24 heavy (non-hydrogen) atoms. The van der Waals surface area contributed by atoms with Crippen molar-refractivity contribution in [2.24, 2.45) is 0 Å². The molecule has 0 bridgehead atoms. The van der Waals surface area contributed by atoms with Crippen LogP contribution in [0.15, 0.2) is 65.5 Å². The van der Waals surface area contributed by atoms with Gasteiger partial charge in [-0.15, -0.1) is 0 Å². The van der Waals surface area contributed by atoms with Gasteiger partial charge in [0.25, 0.3) is 11.2 Å². The molecule has 0 N–H and O–H groups in total. The van der Waals surface area contributed by atoms with Crippen molar-refractivity contribution < 1.29 is 9.31 Å². The Morgan fingerprint density at radius 3 is 2.42 bits per heavy atom. The molecule has 1 aromatic heterocycles. The number of aromatic nitrogens is 2. The van der Waals surface area contributed by atoms with Crippen LogP contribution in [0.5, 0.6) is 0 Å². The molecular weight excluding hydrogens is 313 g/mol. The molecule has 0 spiro atoms. The van der Waals surface area contributed by atoms with Crippen LogP contribution in [0.25, 0.3) is 11.3 Å². The molecule has 0 saturated heterocycles. The van der Waals surface area contributed by atoms with Gasteiger partial charge in [-0.25, -0.2) is 9.07 Å². The van der Waals surface area contributed by atoms with Crippen molar-refractivity contribution in [3.05, 3.63) is 92.5 Å². The van der Waals surface area contributed by atoms with Crippen molar-refractivity contribution in [3.8, 4) is 11.3 Å². The highest BCUT2D eigenvalue weighted by atomic mass is 19.1. The van der Waals surface area contributed by atoms with Gasteiger partial charge in [0.05, 0.1) is 17.2 Å². The van der Waals surface area contributed by atoms with Crippen LogP contribution in [0.4, 0.5) is 10.1 Å². The summed E-state index contributed by atoms with van der Waals surface area (Å²) in [6, 6.07) is 14.9. The average molecular weight is 325 g/mol. The lowest BCUT2D eigenvalue weighted by atomic mass is 10.1. The Morgan fingerprint density at radius 1 is 1.04 bits per heavy atom. The van der Waals surface area contributed by atoms with Gasteiger partial charge in [0.1, 0.15) is 5.82 Å². The first kappa shape index (κ1) is 15.5. The van der Waals surface area contributed by atoms with Crippen LogP contribution in [0, 0.1) is 15.9 Å². The summed E-state index contributed by atoms with van der Waals surface area (Å²) in [6.07, 6.45) is 0. The highest BCUT2D eigenvalue weighted by molar-refractivity contribution is 5.60. The molecule has 0 aliphatic heterocycles. The molecule has 3 rings (SSSR count). The summed E-state index contributed by atoms with van der Waals surface area (Å²) in [6.45, 7) is 0.00628. The number of nitrogens with zero attached hydrogens (tertiary/aromatic N) is 3. The fourth-order valence-electron chi connectivity index (χ4n) is 2.26. The Kier molecular flexibility index (Phi) is 4.15. The molecule has 0 aliphatic rings. The molecule has 0 saturated carbocycles. The third-order valence-corrected chi connectivity index (χ3v) is 3.52. The normalized spacial score (nSPS) is 10.5. The Labute approximate surface area is 136 Å². The molecule has 0 atom stereocenters. The van der Waals surface area contributed by atoms with Crippen molar-refractivity contribution in [2.45, 2.75) is 6.54 Å². The van der Waals surface area contributed by atoms with Gasteiger partial charge in [-0.1, -0.05) is 18.2 Å². The lowest BCUT2D eigenvalue weighted by Crippen LogP contribution is -2.23. The van der Waals surface area contributed by atoms with Gasteiger partial charge in [0.2, 0.25) is 0 Å². The average Bonchev–Trinajstić information content (AvgIpc) is 2.59. The number of hydrogen-bond donors (Lipinski definition) is 0. The smallest absolute Gasteiger partial charge is 0.268 e. The van der Waals surface area contributed by atoms with Crippen LogP contribution in [0.2, 0.25) is 0 Å². The Balaban J connectivity index is 1.95. The van der Waals surface area contributed by atoms with E-state index in [-0.39, 0.29) is 17.8 Å². The van der Waals surface area contributed by atoms with E-state index in [2.05, 4.69) is 5.10 Å². The van der Waals surface area contributed by atoms with Gasteiger partial charge >= 0.3 is 0 Å². The largest absolute Gasteiger partial charge is 0.269 e. The second-order valence-electron chi connectivity index (χ2n) is 5.11. The fraction of sp³-hybridized carbons (Fsp3) is 0.0588. The lowest BCUT2D eigenvalue weighted by Gasteiger charge is -2.08. The minimum Gasteiger partial charge on any atom is -0.268 e. The maximum Gasteiger partial charge on any atom is 0.269 e. The number of benzene rings is 2. The van der Waals surface area contributed by atoms with Crippen LogP contribution in [-0.2, 0) is 6.54 Å².